The summed E-state index contributed by atoms with van der Waals surface area (Å²) >= 11 is 3.15. The summed E-state index contributed by atoms with van der Waals surface area (Å²) in [6.45, 7) is 1.49. The van der Waals surface area contributed by atoms with Gasteiger partial charge < -0.3 is 21.0 Å². The Bertz CT molecular complexity index is 345. The van der Waals surface area contributed by atoms with E-state index in [2.05, 4.69) is 26.4 Å². The largest absolute Gasteiger partial charge is 0.480 e. The summed E-state index contributed by atoms with van der Waals surface area (Å²) in [5.74, 6) is -1.62. The molecule has 0 saturated carbocycles. The second-order valence-corrected chi connectivity index (χ2v) is 4.74. The number of amides is 1. The molecule has 0 spiro atoms. The molecule has 1 aliphatic heterocycles. The van der Waals surface area contributed by atoms with Gasteiger partial charge in [0.25, 0.3) is 0 Å². The molecule has 0 aromatic heterocycles. The van der Waals surface area contributed by atoms with E-state index < -0.39 is 24.0 Å². The number of carbonyl (C=O) groups is 2. The van der Waals surface area contributed by atoms with Crippen molar-refractivity contribution >= 4 is 32.4 Å². The monoisotopic (exact) mass is 307 g/mol. The van der Waals surface area contributed by atoms with Crippen molar-refractivity contribution in [3.63, 3.8) is 0 Å². The van der Waals surface area contributed by atoms with E-state index >= 15 is 0 Å². The van der Waals surface area contributed by atoms with E-state index in [4.69, 9.17) is 15.7 Å². The topological polar surface area (TPSA) is 114 Å². The van der Waals surface area contributed by atoms with Crippen molar-refractivity contribution in [2.45, 2.75) is 38.0 Å². The minimum absolute atomic E-state index is 0.145. The molecule has 0 saturated heterocycles. The summed E-state index contributed by atoms with van der Waals surface area (Å²) in [7, 11) is 0. The van der Waals surface area contributed by atoms with Gasteiger partial charge in [-0.15, -0.1) is 0 Å². The van der Waals surface area contributed by atoms with Gasteiger partial charge in [0.2, 0.25) is 5.91 Å². The Morgan fingerprint density at radius 3 is 2.82 bits per heavy atom. The number of oxime groups is 1. The van der Waals surface area contributed by atoms with Crippen molar-refractivity contribution < 1.29 is 19.5 Å². The van der Waals surface area contributed by atoms with Crippen LogP contribution < -0.4 is 11.1 Å². The van der Waals surface area contributed by atoms with Crippen LogP contribution in [-0.4, -0.2) is 39.8 Å². The van der Waals surface area contributed by atoms with Gasteiger partial charge in [0, 0.05) is 12.8 Å². The molecule has 0 aliphatic carbocycles. The number of halogens is 1. The lowest BCUT2D eigenvalue weighted by atomic mass is 10.1. The van der Waals surface area contributed by atoms with Gasteiger partial charge in [0.15, 0.2) is 0 Å². The van der Waals surface area contributed by atoms with Crippen molar-refractivity contribution in [3.8, 4) is 0 Å². The first-order chi connectivity index (χ1) is 7.90. The van der Waals surface area contributed by atoms with Crippen LogP contribution in [-0.2, 0) is 14.4 Å². The van der Waals surface area contributed by atoms with Crippen LogP contribution in [0.3, 0.4) is 0 Å². The number of nitrogens with one attached hydrogen (secondary N) is 1. The summed E-state index contributed by atoms with van der Waals surface area (Å²) in [6, 6.07) is -1.77. The average Bonchev–Trinajstić information content (AvgIpc) is 2.62. The average molecular weight is 308 g/mol. The van der Waals surface area contributed by atoms with Crippen molar-refractivity contribution in [1.82, 2.24) is 5.32 Å². The Labute approximate surface area is 106 Å². The predicted octanol–water partition coefficient (Wildman–Crippen LogP) is -0.210. The maximum Gasteiger partial charge on any atom is 0.326 e. The van der Waals surface area contributed by atoms with E-state index in [0.717, 1.165) is 0 Å². The molecule has 4 N–H and O–H groups in total. The molecular weight excluding hydrogens is 294 g/mol. The predicted molar refractivity (Wildman–Crippen MR) is 63.7 cm³/mol. The highest BCUT2D eigenvalue weighted by Gasteiger charge is 2.29. The number of carboxylic acids is 1. The molecule has 1 rings (SSSR count). The Kier molecular flexibility index (Phi) is 4.88. The molecule has 0 radical (unpaired) electrons. The van der Waals surface area contributed by atoms with Crippen LogP contribution in [0, 0.1) is 0 Å². The van der Waals surface area contributed by atoms with E-state index in [9.17, 15) is 9.59 Å². The van der Waals surface area contributed by atoms with Gasteiger partial charge in [-0.1, -0.05) is 5.16 Å². The van der Waals surface area contributed by atoms with E-state index in [1.54, 1.807) is 0 Å². The number of nitrogens with two attached hydrogens (primary N) is 1. The first-order valence-electron chi connectivity index (χ1n) is 5.07. The van der Waals surface area contributed by atoms with Gasteiger partial charge in [-0.2, -0.15) is 0 Å². The third-order valence-corrected chi connectivity index (χ3v) is 2.69. The van der Waals surface area contributed by atoms with Crippen LogP contribution in [0.2, 0.25) is 0 Å². The van der Waals surface area contributed by atoms with Crippen molar-refractivity contribution in [2.75, 3.05) is 0 Å². The Morgan fingerprint density at radius 1 is 1.76 bits per heavy atom. The van der Waals surface area contributed by atoms with Crippen LogP contribution >= 0.6 is 15.9 Å². The van der Waals surface area contributed by atoms with Crippen LogP contribution in [0.5, 0.6) is 0 Å². The number of aliphatic carboxylic acids is 1. The second kappa shape index (κ2) is 5.97. The zero-order valence-electron chi connectivity index (χ0n) is 9.22. The minimum atomic E-state index is -1.12. The molecule has 0 aromatic rings. The maximum absolute atomic E-state index is 11.3. The Balaban J connectivity index is 2.50. The van der Waals surface area contributed by atoms with E-state index in [1.165, 1.54) is 6.92 Å². The summed E-state index contributed by atoms with van der Waals surface area (Å²) in [6.07, 6.45) is 0.295. The van der Waals surface area contributed by atoms with E-state index in [-0.39, 0.29) is 12.5 Å². The molecule has 0 aromatic carbocycles. The lowest BCUT2D eigenvalue weighted by Gasteiger charge is -2.18. The van der Waals surface area contributed by atoms with E-state index in [1.807, 2.05) is 0 Å². The van der Waals surface area contributed by atoms with Gasteiger partial charge in [0.1, 0.15) is 16.8 Å². The third-order valence-electron chi connectivity index (χ3n) is 2.22. The highest BCUT2D eigenvalue weighted by molar-refractivity contribution is 9.18. The zero-order chi connectivity index (χ0) is 13.0. The number of hydrogen-bond donors (Lipinski definition) is 3. The highest BCUT2D eigenvalue weighted by Crippen LogP contribution is 2.18. The second-order valence-electron chi connectivity index (χ2n) is 3.82. The van der Waals surface area contributed by atoms with Gasteiger partial charge in [-0.3, -0.25) is 4.79 Å². The SMILES string of the molecule is C[C@H](N)C(=O)NC(CC1CC(Br)=NO1)C(=O)O. The molecule has 0 bridgehead atoms. The molecule has 2 unspecified atom stereocenters. The minimum Gasteiger partial charge on any atom is -0.480 e. The van der Waals surface area contributed by atoms with Crippen LogP contribution in [0.15, 0.2) is 5.16 Å². The number of carboxylic acid groups (broad SMARTS) is 1. The molecule has 1 aliphatic rings. The fourth-order valence-electron chi connectivity index (χ4n) is 1.31. The summed E-state index contributed by atoms with van der Waals surface area (Å²) < 4.78 is 0.630. The van der Waals surface area contributed by atoms with Crippen LogP contribution in [0.4, 0.5) is 0 Å². The molecule has 17 heavy (non-hydrogen) atoms. The molecule has 1 amide bonds. The first-order valence-corrected chi connectivity index (χ1v) is 5.86. The van der Waals surface area contributed by atoms with Gasteiger partial charge in [-0.25, -0.2) is 4.79 Å². The van der Waals surface area contributed by atoms with Crippen molar-refractivity contribution in [2.24, 2.45) is 10.9 Å². The van der Waals surface area contributed by atoms with Crippen molar-refractivity contribution in [1.29, 1.82) is 0 Å². The molecule has 7 nitrogen and oxygen atoms in total. The number of nitrogens with zero attached hydrogens (tertiary/aromatic N) is 1. The maximum atomic E-state index is 11.3. The van der Waals surface area contributed by atoms with Gasteiger partial charge in [0.05, 0.1) is 6.04 Å². The molecular formula is C9H14BrN3O4. The number of rotatable bonds is 5. The molecule has 3 atom stereocenters. The number of hydrogen-bond acceptors (Lipinski definition) is 5. The quantitative estimate of drug-likeness (QED) is 0.650. The Morgan fingerprint density at radius 2 is 2.41 bits per heavy atom. The summed E-state index contributed by atoms with van der Waals surface area (Å²) in [5.41, 5.74) is 5.35. The number of carbonyl (C=O) groups excluding carboxylic acids is 1. The normalized spacial score (nSPS) is 22.3. The highest BCUT2D eigenvalue weighted by atomic mass is 79.9. The zero-order valence-corrected chi connectivity index (χ0v) is 10.8. The standard InChI is InChI=1S/C9H14BrN3O4/c1-4(11)8(14)12-6(9(15)16)2-5-3-7(10)13-17-5/h4-6H,2-3,11H2,1H3,(H,12,14)(H,15,16)/t4-,5?,6?/m0/s1. The van der Waals surface area contributed by atoms with E-state index in [0.29, 0.717) is 11.0 Å². The van der Waals surface area contributed by atoms with Gasteiger partial charge >= 0.3 is 5.97 Å². The molecule has 8 heteroatoms. The molecule has 1 heterocycles. The summed E-state index contributed by atoms with van der Waals surface area (Å²) in [4.78, 5) is 27.3. The van der Waals surface area contributed by atoms with Gasteiger partial charge in [-0.05, 0) is 22.9 Å². The lowest BCUT2D eigenvalue weighted by Crippen LogP contribution is -2.48. The lowest BCUT2D eigenvalue weighted by molar-refractivity contribution is -0.143. The fraction of sp³-hybridized carbons (Fsp3) is 0.667. The first kappa shape index (κ1) is 13.9. The molecule has 0 fully saturated rings. The Hall–Kier alpha value is -1.15. The van der Waals surface area contributed by atoms with Crippen LogP contribution in [0.1, 0.15) is 19.8 Å². The van der Waals surface area contributed by atoms with Crippen LogP contribution in [0.25, 0.3) is 0 Å². The summed E-state index contributed by atoms with van der Waals surface area (Å²) in [5, 5.41) is 15.0. The van der Waals surface area contributed by atoms with Crippen molar-refractivity contribution in [3.05, 3.63) is 0 Å². The molecule has 96 valence electrons. The third kappa shape index (κ3) is 4.31. The fourth-order valence-corrected chi connectivity index (χ4v) is 1.75. The smallest absolute Gasteiger partial charge is 0.326 e.